The molecule has 0 N–H and O–H groups in total. The van der Waals surface area contributed by atoms with Crippen LogP contribution in [0.5, 0.6) is 0 Å². The summed E-state index contributed by atoms with van der Waals surface area (Å²) in [5.74, 6) is 1.84. The zero-order valence-corrected chi connectivity index (χ0v) is 27.8. The summed E-state index contributed by atoms with van der Waals surface area (Å²) in [5.41, 5.74) is 8.40. The Bertz CT molecular complexity index is 3160. The molecule has 0 atom stereocenters. The molecule has 6 heteroatoms. The highest BCUT2D eigenvalue weighted by molar-refractivity contribution is 7.25. The molecule has 11 aromatic rings. The number of hydrogen-bond acceptors (Lipinski definition) is 6. The first-order valence-electron chi connectivity index (χ1n) is 16.8. The number of benzene rings is 7. The molecule has 0 saturated heterocycles. The Morgan fingerprint density at radius 1 is 0.353 bits per heavy atom. The van der Waals surface area contributed by atoms with Crippen molar-refractivity contribution in [3.63, 3.8) is 0 Å². The smallest absolute Gasteiger partial charge is 0.164 e. The van der Waals surface area contributed by atoms with Crippen LogP contribution in [0.4, 0.5) is 0 Å². The highest BCUT2D eigenvalue weighted by Crippen LogP contribution is 2.41. The Hall–Kier alpha value is -6.63. The first kappa shape index (κ1) is 28.2. The van der Waals surface area contributed by atoms with Crippen molar-refractivity contribution in [3.8, 4) is 45.3 Å². The van der Waals surface area contributed by atoms with E-state index in [1.807, 2.05) is 66.7 Å². The van der Waals surface area contributed by atoms with Crippen molar-refractivity contribution in [2.75, 3.05) is 0 Å². The fourth-order valence-corrected chi connectivity index (χ4v) is 8.34. The van der Waals surface area contributed by atoms with Crippen LogP contribution >= 0.6 is 11.3 Å². The third-order valence-electron chi connectivity index (χ3n) is 9.75. The van der Waals surface area contributed by atoms with Gasteiger partial charge in [0.25, 0.3) is 0 Å². The molecule has 0 amide bonds. The summed E-state index contributed by atoms with van der Waals surface area (Å²) in [5, 5.41) is 6.77. The summed E-state index contributed by atoms with van der Waals surface area (Å²) < 4.78 is 15.1. The van der Waals surface area contributed by atoms with Crippen LogP contribution in [0.1, 0.15) is 0 Å². The number of furan rings is 2. The minimum absolute atomic E-state index is 0.595. The molecule has 0 aliphatic heterocycles. The molecular formula is C45H25N3O2S. The van der Waals surface area contributed by atoms with Gasteiger partial charge in [0.15, 0.2) is 17.5 Å². The normalized spacial score (nSPS) is 11.9. The lowest BCUT2D eigenvalue weighted by atomic mass is 10.00. The van der Waals surface area contributed by atoms with E-state index in [2.05, 4.69) is 84.9 Å². The summed E-state index contributed by atoms with van der Waals surface area (Å²) in [6, 6.07) is 52.2. The van der Waals surface area contributed by atoms with Crippen molar-refractivity contribution in [1.82, 2.24) is 15.0 Å². The Morgan fingerprint density at radius 3 is 1.67 bits per heavy atom. The minimum atomic E-state index is 0.595. The minimum Gasteiger partial charge on any atom is -0.456 e. The predicted octanol–water partition coefficient (Wildman–Crippen LogP) is 12.7. The number of fused-ring (bicyclic) bond motifs is 9. The molecule has 7 aromatic carbocycles. The average molecular weight is 672 g/mol. The van der Waals surface area contributed by atoms with Gasteiger partial charge in [-0.05, 0) is 60.2 Å². The molecule has 0 radical (unpaired) electrons. The zero-order chi connectivity index (χ0) is 33.5. The summed E-state index contributed by atoms with van der Waals surface area (Å²) in [7, 11) is 0. The maximum atomic E-state index is 6.40. The second-order valence-corrected chi connectivity index (χ2v) is 13.9. The van der Waals surface area contributed by atoms with Crippen LogP contribution in [0, 0.1) is 0 Å². The van der Waals surface area contributed by atoms with Crippen molar-refractivity contribution in [2.45, 2.75) is 0 Å². The molecule has 4 aromatic heterocycles. The number of rotatable bonds is 4. The van der Waals surface area contributed by atoms with Crippen molar-refractivity contribution in [2.24, 2.45) is 0 Å². The number of aromatic nitrogens is 3. The number of hydrogen-bond donors (Lipinski definition) is 0. The van der Waals surface area contributed by atoms with Gasteiger partial charge in [-0.1, -0.05) is 97.1 Å². The van der Waals surface area contributed by atoms with Crippen LogP contribution in [0.3, 0.4) is 0 Å². The zero-order valence-electron chi connectivity index (χ0n) is 27.0. The summed E-state index contributed by atoms with van der Waals surface area (Å²) in [6.45, 7) is 0. The molecule has 0 spiro atoms. The topological polar surface area (TPSA) is 65.0 Å². The fraction of sp³-hybridized carbons (Fsp3) is 0. The lowest BCUT2D eigenvalue weighted by molar-refractivity contribution is 0.669. The SMILES string of the molecule is c1ccc(-c2nc(-c3ccc4c(c3)oc3ccccc34)nc(-c3ccc4sc5ccc(-c6cccc7c6oc6ccccc67)cc5c4c3)n2)cc1. The van der Waals surface area contributed by atoms with Crippen LogP contribution < -0.4 is 0 Å². The molecule has 0 fully saturated rings. The van der Waals surface area contributed by atoms with Gasteiger partial charge in [-0.2, -0.15) is 0 Å². The van der Waals surface area contributed by atoms with Gasteiger partial charge in [-0.15, -0.1) is 11.3 Å². The van der Waals surface area contributed by atoms with Crippen LogP contribution in [0.15, 0.2) is 160 Å². The van der Waals surface area contributed by atoms with E-state index in [0.717, 1.165) is 77.1 Å². The van der Waals surface area contributed by atoms with Crippen molar-refractivity contribution >= 4 is 75.4 Å². The van der Waals surface area contributed by atoms with E-state index >= 15 is 0 Å². The monoisotopic (exact) mass is 671 g/mol. The number of nitrogens with zero attached hydrogens (tertiary/aromatic N) is 3. The Kier molecular flexibility index (Phi) is 6.05. The lowest BCUT2D eigenvalue weighted by Gasteiger charge is -2.09. The van der Waals surface area contributed by atoms with E-state index in [1.165, 1.54) is 14.8 Å². The van der Waals surface area contributed by atoms with Gasteiger partial charge in [0.2, 0.25) is 0 Å². The quantitative estimate of drug-likeness (QED) is 0.186. The second kappa shape index (κ2) is 10.9. The summed E-state index contributed by atoms with van der Waals surface area (Å²) >= 11 is 1.79. The number of thiophene rings is 1. The first-order valence-corrected chi connectivity index (χ1v) is 17.7. The third kappa shape index (κ3) is 4.50. The maximum absolute atomic E-state index is 6.40. The van der Waals surface area contributed by atoms with Crippen molar-refractivity contribution in [3.05, 3.63) is 152 Å². The summed E-state index contributed by atoms with van der Waals surface area (Å²) in [6.07, 6.45) is 0. The molecule has 51 heavy (non-hydrogen) atoms. The van der Waals surface area contributed by atoms with Gasteiger partial charge in [0.1, 0.15) is 22.3 Å². The Morgan fingerprint density at radius 2 is 0.902 bits per heavy atom. The molecule has 4 heterocycles. The molecule has 0 unspecified atom stereocenters. The first-order chi connectivity index (χ1) is 25.2. The van der Waals surface area contributed by atoms with Gasteiger partial charge in [-0.25, -0.2) is 15.0 Å². The van der Waals surface area contributed by atoms with E-state index in [4.69, 9.17) is 23.8 Å². The summed E-state index contributed by atoms with van der Waals surface area (Å²) in [4.78, 5) is 15.1. The van der Waals surface area contributed by atoms with Crippen LogP contribution in [0.2, 0.25) is 0 Å². The molecule has 0 aliphatic carbocycles. The number of para-hydroxylation sites is 3. The Labute approximate surface area is 295 Å². The van der Waals surface area contributed by atoms with E-state index < -0.39 is 0 Å². The molecule has 0 bridgehead atoms. The van der Waals surface area contributed by atoms with Gasteiger partial charge < -0.3 is 8.83 Å². The molecule has 0 saturated carbocycles. The van der Waals surface area contributed by atoms with Crippen LogP contribution in [0.25, 0.3) is 109 Å². The molecular weight excluding hydrogens is 647 g/mol. The highest BCUT2D eigenvalue weighted by Gasteiger charge is 2.17. The highest BCUT2D eigenvalue weighted by atomic mass is 32.1. The molecule has 5 nitrogen and oxygen atoms in total. The van der Waals surface area contributed by atoms with E-state index in [9.17, 15) is 0 Å². The standard InChI is InChI=1S/C45H25N3O2S/c1-2-9-26(10-3-1)43-46-44(48-45(47-43)29-17-20-33-31-11-4-6-15-37(31)49-39(33)25-29)28-19-22-41-36(24-28)35-23-27(18-21-40(35)51-41)30-13-8-14-34-32-12-5-7-16-38(32)50-42(30)34/h1-25H. The molecule has 11 rings (SSSR count). The van der Waals surface area contributed by atoms with Gasteiger partial charge >= 0.3 is 0 Å². The molecule has 238 valence electrons. The predicted molar refractivity (Wildman–Crippen MR) is 209 cm³/mol. The lowest BCUT2D eigenvalue weighted by Crippen LogP contribution is -2.00. The van der Waals surface area contributed by atoms with Gasteiger partial charge in [0.05, 0.1) is 0 Å². The second-order valence-electron chi connectivity index (χ2n) is 12.8. The fourth-order valence-electron chi connectivity index (χ4n) is 7.27. The van der Waals surface area contributed by atoms with Gasteiger partial charge in [0, 0.05) is 64.0 Å². The van der Waals surface area contributed by atoms with Crippen molar-refractivity contribution < 1.29 is 8.83 Å². The largest absolute Gasteiger partial charge is 0.456 e. The van der Waals surface area contributed by atoms with Gasteiger partial charge in [-0.3, -0.25) is 0 Å². The van der Waals surface area contributed by atoms with Crippen LogP contribution in [-0.4, -0.2) is 15.0 Å². The molecule has 0 aliphatic rings. The average Bonchev–Trinajstić information content (AvgIpc) is 3.88. The third-order valence-corrected chi connectivity index (χ3v) is 10.9. The van der Waals surface area contributed by atoms with E-state index in [0.29, 0.717) is 17.5 Å². The van der Waals surface area contributed by atoms with Crippen molar-refractivity contribution in [1.29, 1.82) is 0 Å². The van der Waals surface area contributed by atoms with E-state index in [-0.39, 0.29) is 0 Å². The van der Waals surface area contributed by atoms with E-state index in [1.54, 1.807) is 11.3 Å². The van der Waals surface area contributed by atoms with Crippen LogP contribution in [-0.2, 0) is 0 Å². The maximum Gasteiger partial charge on any atom is 0.164 e. The Balaban J connectivity index is 1.07.